The van der Waals surface area contributed by atoms with Gasteiger partial charge in [0.1, 0.15) is 0 Å². The highest BCUT2D eigenvalue weighted by molar-refractivity contribution is 4.85. The molecular formula is C14H26O3. The maximum atomic E-state index is 6.38. The molecular weight excluding hydrogens is 216 g/mol. The van der Waals surface area contributed by atoms with Gasteiger partial charge in [0.15, 0.2) is 11.6 Å². The smallest absolute Gasteiger partial charge is 0.171 e. The summed E-state index contributed by atoms with van der Waals surface area (Å²) in [6.07, 6.45) is 8.94. The Morgan fingerprint density at radius 2 is 1.06 bits per heavy atom. The van der Waals surface area contributed by atoms with Crippen LogP contribution in [0.5, 0.6) is 0 Å². The molecule has 2 rings (SSSR count). The van der Waals surface area contributed by atoms with E-state index in [-0.39, 0.29) is 11.6 Å². The molecule has 0 unspecified atom stereocenters. The Morgan fingerprint density at radius 3 is 1.35 bits per heavy atom. The average molecular weight is 242 g/mol. The predicted octanol–water partition coefficient (Wildman–Crippen LogP) is 3.62. The van der Waals surface area contributed by atoms with Crippen molar-refractivity contribution in [3.05, 3.63) is 0 Å². The highest BCUT2D eigenvalue weighted by Crippen LogP contribution is 2.43. The van der Waals surface area contributed by atoms with Crippen molar-refractivity contribution in [1.82, 2.24) is 0 Å². The fraction of sp³-hybridized carbons (Fsp3) is 1.00. The van der Waals surface area contributed by atoms with Crippen molar-refractivity contribution in [3.63, 3.8) is 0 Å². The van der Waals surface area contributed by atoms with Gasteiger partial charge in [-0.05, 0) is 39.5 Å². The van der Waals surface area contributed by atoms with Crippen molar-refractivity contribution < 1.29 is 14.2 Å². The summed E-state index contributed by atoms with van der Waals surface area (Å²) >= 11 is 0. The first-order chi connectivity index (χ1) is 8.24. The van der Waals surface area contributed by atoms with Crippen molar-refractivity contribution >= 4 is 0 Å². The fourth-order valence-corrected chi connectivity index (χ4v) is 3.24. The molecule has 0 bridgehead atoms. The fourth-order valence-electron chi connectivity index (χ4n) is 3.24. The molecule has 0 radical (unpaired) electrons. The van der Waals surface area contributed by atoms with Crippen molar-refractivity contribution in [3.8, 4) is 0 Å². The van der Waals surface area contributed by atoms with Crippen LogP contribution in [0.15, 0.2) is 0 Å². The minimum atomic E-state index is -0.353. The molecule has 2 fully saturated rings. The largest absolute Gasteiger partial charge is 0.350 e. The molecule has 0 spiro atoms. The highest BCUT2D eigenvalue weighted by atomic mass is 16.8. The first-order valence-corrected chi connectivity index (χ1v) is 7.22. The lowest BCUT2D eigenvalue weighted by Gasteiger charge is -2.39. The molecule has 0 amide bonds. The molecule has 2 aliphatic rings. The molecule has 0 aliphatic heterocycles. The lowest BCUT2D eigenvalue weighted by molar-refractivity contribution is -0.353. The summed E-state index contributed by atoms with van der Waals surface area (Å²) in [5.41, 5.74) is 0. The third-order valence-electron chi connectivity index (χ3n) is 3.92. The zero-order chi connectivity index (χ0) is 12.2. The first-order valence-electron chi connectivity index (χ1n) is 7.22. The average Bonchev–Trinajstić information content (AvgIpc) is 2.91. The van der Waals surface area contributed by atoms with Gasteiger partial charge in [0.05, 0.1) is 0 Å². The van der Waals surface area contributed by atoms with Crippen molar-refractivity contribution in [2.45, 2.75) is 76.8 Å². The van der Waals surface area contributed by atoms with E-state index in [1.165, 1.54) is 25.7 Å². The van der Waals surface area contributed by atoms with Crippen LogP contribution < -0.4 is 0 Å². The second kappa shape index (κ2) is 5.68. The lowest BCUT2D eigenvalue weighted by atomic mass is 10.2. The van der Waals surface area contributed by atoms with Crippen molar-refractivity contribution in [1.29, 1.82) is 0 Å². The zero-order valence-corrected chi connectivity index (χ0v) is 11.3. The van der Waals surface area contributed by atoms with Crippen molar-refractivity contribution in [2.75, 3.05) is 13.2 Å². The summed E-state index contributed by atoms with van der Waals surface area (Å²) < 4.78 is 18.2. The van der Waals surface area contributed by atoms with E-state index < -0.39 is 0 Å². The van der Waals surface area contributed by atoms with Crippen LogP contribution in [0, 0.1) is 0 Å². The summed E-state index contributed by atoms with van der Waals surface area (Å²) in [5.74, 6) is -0.706. The SMILES string of the molecule is CCOC1(OC2(OCC)CCCC2)CCCC1. The van der Waals surface area contributed by atoms with Crippen LogP contribution in [-0.4, -0.2) is 24.8 Å². The van der Waals surface area contributed by atoms with Crippen LogP contribution in [0.2, 0.25) is 0 Å². The van der Waals surface area contributed by atoms with Gasteiger partial charge in [-0.3, -0.25) is 0 Å². The molecule has 0 saturated heterocycles. The predicted molar refractivity (Wildman–Crippen MR) is 66.7 cm³/mol. The van der Waals surface area contributed by atoms with Crippen molar-refractivity contribution in [2.24, 2.45) is 0 Å². The standard InChI is InChI=1S/C14H26O3/c1-3-15-13(9-5-6-10-13)17-14(16-4-2)11-7-8-12-14/h3-12H2,1-2H3. The number of rotatable bonds is 6. The van der Waals surface area contributed by atoms with Gasteiger partial charge in [-0.1, -0.05) is 0 Å². The molecule has 3 heteroatoms. The van der Waals surface area contributed by atoms with Gasteiger partial charge >= 0.3 is 0 Å². The van der Waals surface area contributed by atoms with Gasteiger partial charge in [-0.15, -0.1) is 0 Å². The molecule has 0 atom stereocenters. The Balaban J connectivity index is 2.04. The van der Waals surface area contributed by atoms with Crippen LogP contribution in [-0.2, 0) is 14.2 Å². The molecule has 2 aliphatic carbocycles. The maximum absolute atomic E-state index is 6.38. The summed E-state index contributed by atoms with van der Waals surface area (Å²) in [7, 11) is 0. The Bertz CT molecular complexity index is 204. The minimum absolute atomic E-state index is 0.353. The Morgan fingerprint density at radius 1 is 0.706 bits per heavy atom. The topological polar surface area (TPSA) is 27.7 Å². The number of hydrogen-bond donors (Lipinski definition) is 0. The second-order valence-corrected chi connectivity index (χ2v) is 5.20. The van der Waals surface area contributed by atoms with E-state index in [9.17, 15) is 0 Å². The van der Waals surface area contributed by atoms with Gasteiger partial charge < -0.3 is 14.2 Å². The van der Waals surface area contributed by atoms with E-state index in [2.05, 4.69) is 0 Å². The van der Waals surface area contributed by atoms with E-state index in [0.717, 1.165) is 38.9 Å². The van der Waals surface area contributed by atoms with Gasteiger partial charge in [0, 0.05) is 38.9 Å². The quantitative estimate of drug-likeness (QED) is 0.666. The lowest BCUT2D eigenvalue weighted by Crippen LogP contribution is -2.45. The molecule has 0 aromatic heterocycles. The molecule has 0 N–H and O–H groups in total. The monoisotopic (exact) mass is 242 g/mol. The normalized spacial score (nSPS) is 26.5. The van der Waals surface area contributed by atoms with Gasteiger partial charge in [-0.25, -0.2) is 0 Å². The number of ether oxygens (including phenoxy) is 3. The molecule has 3 nitrogen and oxygen atoms in total. The van der Waals surface area contributed by atoms with E-state index in [0.29, 0.717) is 0 Å². The molecule has 2 saturated carbocycles. The second-order valence-electron chi connectivity index (χ2n) is 5.20. The maximum Gasteiger partial charge on any atom is 0.171 e. The van der Waals surface area contributed by atoms with E-state index in [1.54, 1.807) is 0 Å². The zero-order valence-electron chi connectivity index (χ0n) is 11.3. The minimum Gasteiger partial charge on any atom is -0.350 e. The molecule has 17 heavy (non-hydrogen) atoms. The number of hydrogen-bond acceptors (Lipinski definition) is 3. The summed E-state index contributed by atoms with van der Waals surface area (Å²) in [6.45, 7) is 5.54. The molecule has 0 heterocycles. The highest BCUT2D eigenvalue weighted by Gasteiger charge is 2.46. The summed E-state index contributed by atoms with van der Waals surface area (Å²) in [4.78, 5) is 0. The first kappa shape index (κ1) is 13.3. The third kappa shape index (κ3) is 3.01. The third-order valence-corrected chi connectivity index (χ3v) is 3.92. The summed E-state index contributed by atoms with van der Waals surface area (Å²) in [5, 5.41) is 0. The molecule has 0 aromatic rings. The van der Waals surface area contributed by atoms with Crippen LogP contribution in [0.25, 0.3) is 0 Å². The van der Waals surface area contributed by atoms with Gasteiger partial charge in [0.25, 0.3) is 0 Å². The van der Waals surface area contributed by atoms with E-state index in [1.807, 2.05) is 13.8 Å². The Kier molecular flexibility index (Phi) is 4.45. The van der Waals surface area contributed by atoms with Gasteiger partial charge in [-0.2, -0.15) is 0 Å². The van der Waals surface area contributed by atoms with Crippen LogP contribution >= 0.6 is 0 Å². The van der Waals surface area contributed by atoms with E-state index in [4.69, 9.17) is 14.2 Å². The molecule has 0 aromatic carbocycles. The summed E-state index contributed by atoms with van der Waals surface area (Å²) in [6, 6.07) is 0. The molecule has 100 valence electrons. The van der Waals surface area contributed by atoms with E-state index >= 15 is 0 Å². The van der Waals surface area contributed by atoms with Crippen LogP contribution in [0.1, 0.15) is 65.2 Å². The van der Waals surface area contributed by atoms with Gasteiger partial charge in [0.2, 0.25) is 0 Å². The van der Waals surface area contributed by atoms with Crippen LogP contribution in [0.4, 0.5) is 0 Å². The van der Waals surface area contributed by atoms with Crippen LogP contribution in [0.3, 0.4) is 0 Å². The Labute approximate surface area is 105 Å². The Hall–Kier alpha value is -0.120.